The second-order valence-electron chi connectivity index (χ2n) is 9.26. The van der Waals surface area contributed by atoms with Gasteiger partial charge in [0.15, 0.2) is 0 Å². The zero-order valence-corrected chi connectivity index (χ0v) is 20.7. The number of rotatable bonds is 8. The molecule has 0 aliphatic carbocycles. The Morgan fingerprint density at radius 1 is 1.18 bits per heavy atom. The summed E-state index contributed by atoms with van der Waals surface area (Å²) in [5.41, 5.74) is 3.98. The molecule has 1 atom stereocenters. The predicted molar refractivity (Wildman–Crippen MR) is 129 cm³/mol. The number of hydrogen-bond acceptors (Lipinski definition) is 5. The number of aromatic amines is 1. The van der Waals surface area contributed by atoms with Crippen LogP contribution in [-0.2, 0) is 9.59 Å². The van der Waals surface area contributed by atoms with E-state index >= 15 is 0 Å². The first-order chi connectivity index (χ1) is 15.5. The van der Waals surface area contributed by atoms with Crippen molar-refractivity contribution >= 4 is 17.4 Å². The van der Waals surface area contributed by atoms with E-state index in [1.807, 2.05) is 77.9 Å². The molecule has 1 aliphatic heterocycles. The highest BCUT2D eigenvalue weighted by molar-refractivity contribution is 6.46. The SMILES string of the molecule is Cc1[nH]c(C)c(/C(O)=C2\C(=O)C(=O)N(CCCN(C)C)C2c2cccc(OC(C)C)c2)c1C. The van der Waals surface area contributed by atoms with Gasteiger partial charge in [0.25, 0.3) is 11.7 Å². The van der Waals surface area contributed by atoms with E-state index < -0.39 is 17.7 Å². The first kappa shape index (κ1) is 24.6. The Bertz CT molecular complexity index is 1080. The molecule has 1 unspecified atom stereocenters. The average molecular weight is 454 g/mol. The van der Waals surface area contributed by atoms with Crippen LogP contribution in [0.3, 0.4) is 0 Å². The van der Waals surface area contributed by atoms with Crippen LogP contribution in [0.15, 0.2) is 29.8 Å². The molecule has 0 bridgehead atoms. The lowest BCUT2D eigenvalue weighted by molar-refractivity contribution is -0.139. The summed E-state index contributed by atoms with van der Waals surface area (Å²) in [4.78, 5) is 33.2. The van der Waals surface area contributed by atoms with Crippen LogP contribution in [0.2, 0.25) is 0 Å². The second kappa shape index (κ2) is 9.83. The van der Waals surface area contributed by atoms with E-state index in [0.29, 0.717) is 24.3 Å². The summed E-state index contributed by atoms with van der Waals surface area (Å²) in [6, 6.07) is 6.75. The van der Waals surface area contributed by atoms with Crippen LogP contribution >= 0.6 is 0 Å². The zero-order chi connectivity index (χ0) is 24.4. The van der Waals surface area contributed by atoms with Crippen LogP contribution in [-0.4, -0.2) is 64.9 Å². The maximum atomic E-state index is 13.2. The number of aromatic nitrogens is 1. The van der Waals surface area contributed by atoms with Crippen LogP contribution in [0.1, 0.15) is 54.4 Å². The minimum absolute atomic E-state index is 0.0140. The lowest BCUT2D eigenvalue weighted by Gasteiger charge is -2.26. The van der Waals surface area contributed by atoms with Gasteiger partial charge in [-0.15, -0.1) is 0 Å². The molecule has 1 saturated heterocycles. The monoisotopic (exact) mass is 453 g/mol. The number of likely N-dealkylation sites (tertiary alicyclic amines) is 1. The standard InChI is InChI=1S/C26H35N3O4/c1-15(2)33-20-11-8-10-19(14-20)23-22(24(30)21-16(3)17(4)27-18(21)5)25(31)26(32)29(23)13-9-12-28(6)7/h8,10-11,14-15,23,27,30H,9,12-13H2,1-7H3/b24-22+. The number of nitrogens with zero attached hydrogens (tertiary/aromatic N) is 2. The molecular formula is C26H35N3O4. The number of benzene rings is 1. The van der Waals surface area contributed by atoms with Gasteiger partial charge in [0.1, 0.15) is 11.5 Å². The van der Waals surface area contributed by atoms with Crippen LogP contribution in [0.5, 0.6) is 5.75 Å². The molecule has 2 heterocycles. The van der Waals surface area contributed by atoms with E-state index in [9.17, 15) is 14.7 Å². The highest BCUT2D eigenvalue weighted by Gasteiger charge is 2.46. The Morgan fingerprint density at radius 2 is 1.88 bits per heavy atom. The Hall–Kier alpha value is -3.06. The molecular weight excluding hydrogens is 418 g/mol. The highest BCUT2D eigenvalue weighted by atomic mass is 16.5. The number of ketones is 1. The van der Waals surface area contributed by atoms with Crippen molar-refractivity contribution in [3.63, 3.8) is 0 Å². The zero-order valence-electron chi connectivity index (χ0n) is 20.7. The van der Waals surface area contributed by atoms with Gasteiger partial charge in [-0.3, -0.25) is 9.59 Å². The van der Waals surface area contributed by atoms with Gasteiger partial charge in [-0.05, 0) is 84.9 Å². The fraction of sp³-hybridized carbons (Fsp3) is 0.462. The fourth-order valence-electron chi connectivity index (χ4n) is 4.44. The molecule has 0 spiro atoms. The minimum atomic E-state index is -0.683. The summed E-state index contributed by atoms with van der Waals surface area (Å²) in [5.74, 6) is -0.720. The molecule has 1 fully saturated rings. The van der Waals surface area contributed by atoms with Gasteiger partial charge in [0.05, 0.1) is 17.7 Å². The van der Waals surface area contributed by atoms with Crippen molar-refractivity contribution in [1.82, 2.24) is 14.8 Å². The second-order valence-corrected chi connectivity index (χ2v) is 9.26. The van der Waals surface area contributed by atoms with Crippen LogP contribution < -0.4 is 4.74 Å². The molecule has 0 radical (unpaired) electrons. The molecule has 1 amide bonds. The molecule has 33 heavy (non-hydrogen) atoms. The van der Waals surface area contributed by atoms with Crippen molar-refractivity contribution in [2.24, 2.45) is 0 Å². The molecule has 0 saturated carbocycles. The van der Waals surface area contributed by atoms with Crippen molar-refractivity contribution in [2.45, 2.75) is 53.2 Å². The molecule has 7 nitrogen and oxygen atoms in total. The first-order valence-electron chi connectivity index (χ1n) is 11.4. The number of hydrogen-bond donors (Lipinski definition) is 2. The Balaban J connectivity index is 2.16. The number of carbonyl (C=O) groups excluding carboxylic acids is 2. The predicted octanol–water partition coefficient (Wildman–Crippen LogP) is 4.10. The number of nitrogens with one attached hydrogen (secondary N) is 1. The van der Waals surface area contributed by atoms with E-state index in [-0.39, 0.29) is 17.4 Å². The molecule has 7 heteroatoms. The largest absolute Gasteiger partial charge is 0.507 e. The maximum Gasteiger partial charge on any atom is 0.295 e. The average Bonchev–Trinajstić information content (AvgIpc) is 3.13. The Kier molecular flexibility index (Phi) is 7.32. The maximum absolute atomic E-state index is 13.2. The third kappa shape index (κ3) is 4.98. The van der Waals surface area contributed by atoms with Gasteiger partial charge in [0, 0.05) is 23.5 Å². The molecule has 1 aliphatic rings. The number of aryl methyl sites for hydroxylation is 2. The van der Waals surface area contributed by atoms with Crippen molar-refractivity contribution in [1.29, 1.82) is 0 Å². The van der Waals surface area contributed by atoms with E-state index in [2.05, 4.69) is 4.98 Å². The van der Waals surface area contributed by atoms with Crippen molar-refractivity contribution in [2.75, 3.05) is 27.2 Å². The number of ether oxygens (including phenoxy) is 1. The summed E-state index contributed by atoms with van der Waals surface area (Å²) < 4.78 is 5.86. The van der Waals surface area contributed by atoms with E-state index in [0.717, 1.165) is 29.1 Å². The van der Waals surface area contributed by atoms with Crippen LogP contribution in [0, 0.1) is 20.8 Å². The van der Waals surface area contributed by atoms with Crippen LogP contribution in [0.4, 0.5) is 0 Å². The van der Waals surface area contributed by atoms with E-state index in [4.69, 9.17) is 4.74 Å². The number of aliphatic hydroxyl groups is 1. The van der Waals surface area contributed by atoms with Gasteiger partial charge in [-0.2, -0.15) is 0 Å². The lowest BCUT2D eigenvalue weighted by atomic mass is 9.94. The molecule has 3 rings (SSSR count). The Labute approximate surface area is 196 Å². The summed E-state index contributed by atoms with van der Waals surface area (Å²) in [5, 5.41) is 11.4. The molecule has 1 aromatic carbocycles. The quantitative estimate of drug-likeness (QED) is 0.357. The first-order valence-corrected chi connectivity index (χ1v) is 11.4. The van der Waals surface area contributed by atoms with Crippen molar-refractivity contribution < 1.29 is 19.4 Å². The molecule has 2 N–H and O–H groups in total. The number of H-pyrrole nitrogens is 1. The van der Waals surface area contributed by atoms with Crippen molar-refractivity contribution in [3.05, 3.63) is 57.9 Å². The molecule has 1 aromatic heterocycles. The summed E-state index contributed by atoms with van der Waals surface area (Å²) >= 11 is 0. The highest BCUT2D eigenvalue weighted by Crippen LogP contribution is 2.41. The minimum Gasteiger partial charge on any atom is -0.507 e. The number of aliphatic hydroxyl groups excluding tert-OH is 1. The topological polar surface area (TPSA) is 85.9 Å². The Morgan fingerprint density at radius 3 is 2.45 bits per heavy atom. The van der Waals surface area contributed by atoms with Crippen molar-refractivity contribution in [3.8, 4) is 5.75 Å². The summed E-state index contributed by atoms with van der Waals surface area (Å²) in [6.45, 7) is 10.7. The summed E-state index contributed by atoms with van der Waals surface area (Å²) in [7, 11) is 3.94. The van der Waals surface area contributed by atoms with Gasteiger partial charge < -0.3 is 24.6 Å². The van der Waals surface area contributed by atoms with E-state index in [1.54, 1.807) is 4.90 Å². The number of amides is 1. The van der Waals surface area contributed by atoms with Crippen LogP contribution in [0.25, 0.3) is 5.76 Å². The normalized spacial score (nSPS) is 18.1. The molecule has 178 valence electrons. The van der Waals surface area contributed by atoms with Gasteiger partial charge in [0.2, 0.25) is 0 Å². The molecule has 2 aromatic rings. The van der Waals surface area contributed by atoms with Gasteiger partial charge in [-0.1, -0.05) is 12.1 Å². The summed E-state index contributed by atoms with van der Waals surface area (Å²) in [6.07, 6.45) is 0.694. The smallest absolute Gasteiger partial charge is 0.295 e. The third-order valence-electron chi connectivity index (χ3n) is 6.01. The van der Waals surface area contributed by atoms with Gasteiger partial charge >= 0.3 is 0 Å². The number of carbonyl (C=O) groups is 2. The third-order valence-corrected chi connectivity index (χ3v) is 6.01. The number of Topliss-reactive ketones (excluding diaryl/α,β-unsaturated/α-hetero) is 1. The van der Waals surface area contributed by atoms with E-state index in [1.165, 1.54) is 0 Å². The fourth-order valence-corrected chi connectivity index (χ4v) is 4.44. The van der Waals surface area contributed by atoms with Gasteiger partial charge in [-0.25, -0.2) is 0 Å². The lowest BCUT2D eigenvalue weighted by Crippen LogP contribution is -2.32.